The number of urea groups is 1. The third-order valence-electron chi connectivity index (χ3n) is 4.82. The van der Waals surface area contributed by atoms with Gasteiger partial charge < -0.3 is 20.1 Å². The lowest BCUT2D eigenvalue weighted by Crippen LogP contribution is -2.46. The lowest BCUT2D eigenvalue weighted by molar-refractivity contribution is -0.134. The van der Waals surface area contributed by atoms with Crippen LogP contribution in [0.3, 0.4) is 0 Å². The van der Waals surface area contributed by atoms with Crippen molar-refractivity contribution in [2.75, 3.05) is 25.1 Å². The van der Waals surface area contributed by atoms with Crippen molar-refractivity contribution in [3.8, 4) is 11.5 Å². The van der Waals surface area contributed by atoms with E-state index in [1.54, 1.807) is 25.1 Å². The first-order valence-electron chi connectivity index (χ1n) is 8.31. The number of benzene rings is 1. The fourth-order valence-electron chi connectivity index (χ4n) is 3.26. The quantitative estimate of drug-likeness (QED) is 0.797. The molecule has 8 nitrogen and oxygen atoms in total. The fraction of sp³-hybridized carbons (Fsp3) is 0.471. The van der Waals surface area contributed by atoms with Crippen molar-refractivity contribution in [2.24, 2.45) is 5.92 Å². The topological polar surface area (TPSA) is 97.0 Å². The summed E-state index contributed by atoms with van der Waals surface area (Å²) in [5.74, 6) is 0.561. The van der Waals surface area contributed by atoms with Gasteiger partial charge in [0.25, 0.3) is 5.91 Å². The van der Waals surface area contributed by atoms with Gasteiger partial charge in [0.1, 0.15) is 25.3 Å². The molecule has 0 radical (unpaired) electrons. The summed E-state index contributed by atoms with van der Waals surface area (Å²) in [6.45, 7) is 2.35. The molecule has 8 heteroatoms. The number of nitrogens with zero attached hydrogens (tertiary/aromatic N) is 1. The molecule has 0 spiro atoms. The van der Waals surface area contributed by atoms with Gasteiger partial charge >= 0.3 is 6.03 Å². The molecule has 1 saturated carbocycles. The van der Waals surface area contributed by atoms with Crippen molar-refractivity contribution in [1.29, 1.82) is 0 Å². The third kappa shape index (κ3) is 2.77. The van der Waals surface area contributed by atoms with E-state index in [9.17, 15) is 14.4 Å². The largest absolute Gasteiger partial charge is 0.486 e. The molecule has 4 rings (SSSR count). The highest BCUT2D eigenvalue weighted by Gasteiger charge is 2.56. The minimum absolute atomic E-state index is 0.162. The Bertz CT molecular complexity index is 761. The second-order valence-corrected chi connectivity index (χ2v) is 6.70. The Labute approximate surface area is 144 Å². The zero-order valence-electron chi connectivity index (χ0n) is 13.8. The molecule has 1 atom stereocenters. The van der Waals surface area contributed by atoms with Crippen molar-refractivity contribution in [2.45, 2.75) is 25.3 Å². The Balaban J connectivity index is 1.42. The molecule has 3 aliphatic rings. The van der Waals surface area contributed by atoms with Crippen LogP contribution in [-0.4, -0.2) is 48.0 Å². The average molecular weight is 345 g/mol. The van der Waals surface area contributed by atoms with Crippen LogP contribution in [0.25, 0.3) is 0 Å². The van der Waals surface area contributed by atoms with Gasteiger partial charge in [0.2, 0.25) is 5.91 Å². The minimum Gasteiger partial charge on any atom is -0.486 e. The fourth-order valence-corrected chi connectivity index (χ4v) is 3.26. The summed E-state index contributed by atoms with van der Waals surface area (Å²) in [7, 11) is 0. The number of fused-ring (bicyclic) bond motifs is 1. The molecule has 2 heterocycles. The molecule has 4 amide bonds. The number of ether oxygens (including phenoxy) is 2. The number of nitrogens with one attached hydrogen (secondary N) is 2. The molecule has 2 N–H and O–H groups in total. The number of amides is 4. The van der Waals surface area contributed by atoms with Crippen LogP contribution in [0.2, 0.25) is 0 Å². The van der Waals surface area contributed by atoms with Crippen LogP contribution >= 0.6 is 0 Å². The van der Waals surface area contributed by atoms with Gasteiger partial charge in [-0.05, 0) is 37.8 Å². The lowest BCUT2D eigenvalue weighted by Gasteiger charge is -2.21. The third-order valence-corrected chi connectivity index (χ3v) is 4.82. The van der Waals surface area contributed by atoms with E-state index in [0.29, 0.717) is 30.4 Å². The summed E-state index contributed by atoms with van der Waals surface area (Å²) in [6.07, 6.45) is 1.83. The van der Waals surface area contributed by atoms with Crippen LogP contribution in [0.4, 0.5) is 10.5 Å². The standard InChI is InChI=1S/C17H19N3O5/c1-17(10-2-3-10)15(22)20(16(23)19-17)9-14(21)18-11-4-5-12-13(8-11)25-7-6-24-12/h4-5,8,10H,2-3,6-7,9H2,1H3,(H,18,21)(H,19,23)/t17-/m0/s1. The zero-order chi connectivity index (χ0) is 17.6. The second kappa shape index (κ2) is 5.65. The Morgan fingerprint density at radius 3 is 2.72 bits per heavy atom. The first-order chi connectivity index (χ1) is 12.0. The van der Waals surface area contributed by atoms with E-state index < -0.39 is 17.5 Å². The Morgan fingerprint density at radius 2 is 2.00 bits per heavy atom. The molecule has 1 saturated heterocycles. The number of imide groups is 1. The van der Waals surface area contributed by atoms with Crippen molar-refractivity contribution in [1.82, 2.24) is 10.2 Å². The molecule has 1 aromatic rings. The highest BCUT2D eigenvalue weighted by Crippen LogP contribution is 2.42. The van der Waals surface area contributed by atoms with Crippen molar-refractivity contribution >= 4 is 23.5 Å². The van der Waals surface area contributed by atoms with Gasteiger partial charge in [-0.3, -0.25) is 14.5 Å². The van der Waals surface area contributed by atoms with E-state index in [-0.39, 0.29) is 18.4 Å². The monoisotopic (exact) mass is 345 g/mol. The van der Waals surface area contributed by atoms with Gasteiger partial charge in [-0.15, -0.1) is 0 Å². The molecule has 1 aliphatic carbocycles. The van der Waals surface area contributed by atoms with Gasteiger partial charge in [0.15, 0.2) is 11.5 Å². The summed E-state index contributed by atoms with van der Waals surface area (Å²) in [4.78, 5) is 37.9. The molecular formula is C17H19N3O5. The first-order valence-corrected chi connectivity index (χ1v) is 8.31. The highest BCUT2D eigenvalue weighted by atomic mass is 16.6. The summed E-state index contributed by atoms with van der Waals surface area (Å²) >= 11 is 0. The van der Waals surface area contributed by atoms with E-state index in [4.69, 9.17) is 9.47 Å². The normalized spacial score (nSPS) is 24.9. The molecule has 132 valence electrons. The molecule has 2 fully saturated rings. The second-order valence-electron chi connectivity index (χ2n) is 6.70. The maximum Gasteiger partial charge on any atom is 0.325 e. The summed E-state index contributed by atoms with van der Waals surface area (Å²) in [6, 6.07) is 4.54. The van der Waals surface area contributed by atoms with E-state index in [1.165, 1.54) is 0 Å². The molecule has 0 unspecified atom stereocenters. The number of hydrogen-bond acceptors (Lipinski definition) is 5. The molecule has 2 aliphatic heterocycles. The molecule has 0 bridgehead atoms. The Kier molecular flexibility index (Phi) is 3.55. The van der Waals surface area contributed by atoms with Crippen molar-refractivity contribution in [3.63, 3.8) is 0 Å². The van der Waals surface area contributed by atoms with Gasteiger partial charge in [-0.2, -0.15) is 0 Å². The summed E-state index contributed by atoms with van der Waals surface area (Å²) in [5, 5.41) is 5.41. The van der Waals surface area contributed by atoms with Gasteiger partial charge in [0.05, 0.1) is 0 Å². The average Bonchev–Trinajstić information content (AvgIpc) is 3.41. The van der Waals surface area contributed by atoms with Crippen molar-refractivity contribution in [3.05, 3.63) is 18.2 Å². The smallest absolute Gasteiger partial charge is 0.325 e. The van der Waals surface area contributed by atoms with Crippen LogP contribution < -0.4 is 20.1 Å². The van der Waals surface area contributed by atoms with Crippen molar-refractivity contribution < 1.29 is 23.9 Å². The molecule has 25 heavy (non-hydrogen) atoms. The summed E-state index contributed by atoms with van der Waals surface area (Å²) < 4.78 is 10.9. The van der Waals surface area contributed by atoms with E-state index in [0.717, 1.165) is 17.7 Å². The van der Waals surface area contributed by atoms with Crippen LogP contribution in [0.15, 0.2) is 18.2 Å². The minimum atomic E-state index is -0.881. The SMILES string of the molecule is C[C@@]1(C2CC2)NC(=O)N(CC(=O)Nc2ccc3c(c2)OCCO3)C1=O. The summed E-state index contributed by atoms with van der Waals surface area (Å²) in [5.41, 5.74) is -0.361. The van der Waals surface area contributed by atoms with Gasteiger partial charge in [-0.25, -0.2) is 4.79 Å². The van der Waals surface area contributed by atoms with E-state index in [2.05, 4.69) is 10.6 Å². The van der Waals surface area contributed by atoms with Crippen LogP contribution in [0, 0.1) is 5.92 Å². The van der Waals surface area contributed by atoms with Gasteiger partial charge in [0, 0.05) is 11.8 Å². The van der Waals surface area contributed by atoms with E-state index >= 15 is 0 Å². The predicted molar refractivity (Wildman–Crippen MR) is 87.4 cm³/mol. The maximum absolute atomic E-state index is 12.5. The van der Waals surface area contributed by atoms with Crippen LogP contribution in [0.5, 0.6) is 11.5 Å². The molecular weight excluding hydrogens is 326 g/mol. The highest BCUT2D eigenvalue weighted by molar-refractivity contribution is 6.10. The Hall–Kier alpha value is -2.77. The maximum atomic E-state index is 12.5. The predicted octanol–water partition coefficient (Wildman–Crippen LogP) is 1.12. The van der Waals surface area contributed by atoms with E-state index in [1.807, 2.05) is 0 Å². The number of hydrogen-bond donors (Lipinski definition) is 2. The van der Waals surface area contributed by atoms with Gasteiger partial charge in [-0.1, -0.05) is 0 Å². The number of carbonyl (C=O) groups excluding carboxylic acids is 3. The Morgan fingerprint density at radius 1 is 1.28 bits per heavy atom. The van der Waals surface area contributed by atoms with Crippen LogP contribution in [-0.2, 0) is 9.59 Å². The first kappa shape index (κ1) is 15.7. The van der Waals surface area contributed by atoms with Crippen LogP contribution in [0.1, 0.15) is 19.8 Å². The number of carbonyl (C=O) groups is 3. The number of rotatable bonds is 4. The zero-order valence-corrected chi connectivity index (χ0v) is 13.8. The number of anilines is 1. The lowest BCUT2D eigenvalue weighted by atomic mass is 9.96. The molecule has 1 aromatic carbocycles. The molecule has 0 aromatic heterocycles.